The van der Waals surface area contributed by atoms with Crippen LogP contribution in [-0.2, 0) is 4.84 Å². The zero-order valence-electron chi connectivity index (χ0n) is 8.61. The third kappa shape index (κ3) is 7.08. The van der Waals surface area contributed by atoms with Crippen LogP contribution in [0.2, 0.25) is 0 Å². The number of halogens is 6. The van der Waals surface area contributed by atoms with Crippen molar-refractivity contribution in [3.63, 3.8) is 0 Å². The van der Waals surface area contributed by atoms with Crippen LogP contribution in [-0.4, -0.2) is 47.4 Å². The molecule has 0 aromatic carbocycles. The minimum Gasteiger partial charge on any atom is -0.313 e. The Kier molecular flexibility index (Phi) is 6.64. The molecular weight excluding hydrogens is 278 g/mol. The molecule has 0 rings (SSSR count). The molecule has 13 heteroatoms. The minimum absolute atomic E-state index is 1.33. The fourth-order valence-electron chi connectivity index (χ4n) is 1.24. The van der Waals surface area contributed by atoms with Gasteiger partial charge in [0.05, 0.1) is 19.6 Å². The molecule has 0 aliphatic rings. The summed E-state index contributed by atoms with van der Waals surface area (Å²) in [5.41, 5.74) is -2.54. The second-order valence-corrected chi connectivity index (χ2v) is 3.38. The van der Waals surface area contributed by atoms with Crippen LogP contribution in [0.25, 0.3) is 0 Å². The molecule has 0 saturated carbocycles. The Hall–Kier alpha value is -1.34. The highest BCUT2D eigenvalue weighted by atomic mass is 19.4. The molecule has 0 aliphatic heterocycles. The van der Waals surface area contributed by atoms with Crippen molar-refractivity contribution in [2.24, 2.45) is 5.41 Å². The number of nitrogens with zero attached hydrogens (tertiary/aromatic N) is 4. The molecule has 0 aromatic heterocycles. The van der Waals surface area contributed by atoms with Crippen LogP contribution in [0.15, 0.2) is 0 Å². The lowest BCUT2D eigenvalue weighted by Gasteiger charge is -2.31. The second kappa shape index (κ2) is 7.17. The predicted octanol–water partition coefficient (Wildman–Crippen LogP) is 1.39. The van der Waals surface area contributed by atoms with E-state index in [1.54, 1.807) is 0 Å². The third-order valence-corrected chi connectivity index (χ3v) is 1.84. The van der Waals surface area contributed by atoms with E-state index < -0.39 is 52.8 Å². The SMILES string of the molecule is O=[N+]([O-])OCC(CN(F)F)(CN(F)F)CN(F)F. The van der Waals surface area contributed by atoms with Crippen molar-refractivity contribution < 1.29 is 36.8 Å². The van der Waals surface area contributed by atoms with Crippen LogP contribution in [0.5, 0.6) is 0 Å². The Labute approximate surface area is 95.8 Å². The molecular formula is C5H8F6N4O3. The average molecular weight is 286 g/mol. The zero-order chi connectivity index (χ0) is 14.3. The van der Waals surface area contributed by atoms with Crippen LogP contribution in [0.4, 0.5) is 26.9 Å². The van der Waals surface area contributed by atoms with E-state index in [0.717, 1.165) is 0 Å². The maximum Gasteiger partial charge on any atom is 0.294 e. The van der Waals surface area contributed by atoms with Crippen molar-refractivity contribution in [2.45, 2.75) is 0 Å². The highest BCUT2D eigenvalue weighted by molar-refractivity contribution is 4.82. The van der Waals surface area contributed by atoms with Gasteiger partial charge in [0.1, 0.15) is 6.61 Å². The van der Waals surface area contributed by atoms with E-state index in [9.17, 15) is 37.0 Å². The summed E-state index contributed by atoms with van der Waals surface area (Å²) in [6.45, 7) is -6.01. The van der Waals surface area contributed by atoms with Crippen molar-refractivity contribution in [3.8, 4) is 0 Å². The molecule has 0 N–H and O–H groups in total. The van der Waals surface area contributed by atoms with E-state index in [0.29, 0.717) is 0 Å². The van der Waals surface area contributed by atoms with Crippen molar-refractivity contribution in [3.05, 3.63) is 10.1 Å². The van der Waals surface area contributed by atoms with Crippen molar-refractivity contribution in [1.29, 1.82) is 0 Å². The van der Waals surface area contributed by atoms with Crippen molar-refractivity contribution >= 4 is 0 Å². The van der Waals surface area contributed by atoms with E-state index in [4.69, 9.17) is 0 Å². The highest BCUT2D eigenvalue weighted by Gasteiger charge is 2.40. The summed E-state index contributed by atoms with van der Waals surface area (Å²) in [6.07, 6.45) is 0. The zero-order valence-corrected chi connectivity index (χ0v) is 8.61. The smallest absolute Gasteiger partial charge is 0.294 e. The van der Waals surface area contributed by atoms with Gasteiger partial charge in [-0.2, -0.15) is 0 Å². The highest BCUT2D eigenvalue weighted by Crippen LogP contribution is 2.25. The first kappa shape index (κ1) is 16.7. The van der Waals surface area contributed by atoms with Crippen LogP contribution in [0.1, 0.15) is 0 Å². The first-order valence-corrected chi connectivity index (χ1v) is 4.21. The van der Waals surface area contributed by atoms with Crippen LogP contribution in [0.3, 0.4) is 0 Å². The van der Waals surface area contributed by atoms with Gasteiger partial charge in [-0.1, -0.05) is 0 Å². The molecule has 0 saturated heterocycles. The monoisotopic (exact) mass is 286 g/mol. The number of hydrogen-bond donors (Lipinski definition) is 0. The molecule has 0 aliphatic carbocycles. The Morgan fingerprint density at radius 3 is 1.50 bits per heavy atom. The van der Waals surface area contributed by atoms with Crippen LogP contribution >= 0.6 is 0 Å². The summed E-state index contributed by atoms with van der Waals surface area (Å²) >= 11 is 0. The molecule has 0 heterocycles. The third-order valence-electron chi connectivity index (χ3n) is 1.84. The lowest BCUT2D eigenvalue weighted by atomic mass is 9.89. The average Bonchev–Trinajstić information content (AvgIpc) is 2.11. The summed E-state index contributed by atoms with van der Waals surface area (Å²) in [5, 5.41) is 3.55. The second-order valence-electron chi connectivity index (χ2n) is 3.38. The Morgan fingerprint density at radius 2 is 1.28 bits per heavy atom. The van der Waals surface area contributed by atoms with E-state index >= 15 is 0 Å². The van der Waals surface area contributed by atoms with Gasteiger partial charge in [0, 0.05) is 21.4 Å². The quantitative estimate of drug-likeness (QED) is 0.276. The normalized spacial score (nSPS) is 12.5. The van der Waals surface area contributed by atoms with Crippen LogP contribution in [0, 0.1) is 15.5 Å². The van der Waals surface area contributed by atoms with Gasteiger partial charge in [-0.15, -0.1) is 37.0 Å². The fraction of sp³-hybridized carbons (Fsp3) is 1.00. The maximum absolute atomic E-state index is 12.0. The van der Waals surface area contributed by atoms with Gasteiger partial charge in [-0.3, -0.25) is 0 Å². The van der Waals surface area contributed by atoms with Gasteiger partial charge < -0.3 is 4.84 Å². The van der Waals surface area contributed by atoms with Gasteiger partial charge in [0.2, 0.25) is 0 Å². The molecule has 0 spiro atoms. The molecule has 7 nitrogen and oxygen atoms in total. The minimum atomic E-state index is -2.54. The molecule has 0 aromatic rings. The molecule has 108 valence electrons. The molecule has 0 radical (unpaired) electrons. The molecule has 0 amide bonds. The van der Waals surface area contributed by atoms with Gasteiger partial charge in [-0.25, -0.2) is 0 Å². The molecule has 18 heavy (non-hydrogen) atoms. The summed E-state index contributed by atoms with van der Waals surface area (Å²) < 4.78 is 72.2. The van der Waals surface area contributed by atoms with Gasteiger partial charge >= 0.3 is 0 Å². The predicted molar refractivity (Wildman–Crippen MR) is 42.1 cm³/mol. The molecule has 0 unspecified atom stereocenters. The summed E-state index contributed by atoms with van der Waals surface area (Å²) in [7, 11) is 0. The Morgan fingerprint density at radius 1 is 0.944 bits per heavy atom. The lowest BCUT2D eigenvalue weighted by Crippen LogP contribution is -2.47. The topological polar surface area (TPSA) is 62.1 Å². The van der Waals surface area contributed by atoms with Crippen molar-refractivity contribution in [2.75, 3.05) is 26.2 Å². The van der Waals surface area contributed by atoms with Crippen LogP contribution < -0.4 is 0 Å². The molecule has 0 bridgehead atoms. The van der Waals surface area contributed by atoms with E-state index in [-0.39, 0.29) is 0 Å². The molecule has 0 fully saturated rings. The van der Waals surface area contributed by atoms with Gasteiger partial charge in [-0.05, 0) is 0 Å². The maximum atomic E-state index is 12.0. The first-order chi connectivity index (χ1) is 8.17. The first-order valence-electron chi connectivity index (χ1n) is 4.21. The Balaban J connectivity index is 4.91. The van der Waals surface area contributed by atoms with E-state index in [2.05, 4.69) is 4.84 Å². The number of hydrogen-bond acceptors (Lipinski definition) is 6. The van der Waals surface area contributed by atoms with E-state index in [1.807, 2.05) is 0 Å². The lowest BCUT2D eigenvalue weighted by molar-refractivity contribution is -0.761. The fourth-order valence-corrected chi connectivity index (χ4v) is 1.24. The number of rotatable bonds is 9. The summed E-state index contributed by atoms with van der Waals surface area (Å²) in [5.74, 6) is 0. The standard InChI is InChI=1S/C5H8F6N4O3/c6-12(7)1-5(2-13(8)9,3-14(10)11)4-18-15(16)17/h1-4H2. The molecule has 0 atom stereocenters. The largest absolute Gasteiger partial charge is 0.313 e. The van der Waals surface area contributed by atoms with Crippen molar-refractivity contribution in [1.82, 2.24) is 16.0 Å². The summed E-state index contributed by atoms with van der Waals surface area (Å²) in [4.78, 5) is 13.5. The Bertz CT molecular complexity index is 241. The van der Waals surface area contributed by atoms with E-state index in [1.165, 1.54) is 0 Å². The van der Waals surface area contributed by atoms with Gasteiger partial charge in [0.25, 0.3) is 5.09 Å². The van der Waals surface area contributed by atoms with Gasteiger partial charge in [0.15, 0.2) is 0 Å². The summed E-state index contributed by atoms with van der Waals surface area (Å²) in [6, 6.07) is 0.